The minimum Gasteiger partial charge on any atom is -0.456 e. The fourth-order valence-corrected chi connectivity index (χ4v) is 2.32. The van der Waals surface area contributed by atoms with Crippen molar-refractivity contribution < 1.29 is 19.1 Å². The summed E-state index contributed by atoms with van der Waals surface area (Å²) in [6, 6.07) is 13.7. The van der Waals surface area contributed by atoms with Gasteiger partial charge in [-0.05, 0) is 55.3 Å². The van der Waals surface area contributed by atoms with Gasteiger partial charge in [0, 0.05) is 17.7 Å². The summed E-state index contributed by atoms with van der Waals surface area (Å²) in [5.41, 5.74) is 3.65. The fraction of sp³-hybridized carbons (Fsp3) is 0.238. The Bertz CT molecular complexity index is 895. The highest BCUT2D eigenvalue weighted by Crippen LogP contribution is 2.13. The van der Waals surface area contributed by atoms with E-state index in [2.05, 4.69) is 5.32 Å². The predicted octanol–water partition coefficient (Wildman–Crippen LogP) is 3.32. The zero-order valence-corrected chi connectivity index (χ0v) is 15.2. The SMILES string of the molecule is Cc1ccc(C(=O)CCC(=O)OCC(=O)Nc2ccc(C#N)cc2)cc1C. The van der Waals surface area contributed by atoms with Crippen LogP contribution in [0.15, 0.2) is 42.5 Å². The molecule has 138 valence electrons. The molecule has 0 aliphatic carbocycles. The van der Waals surface area contributed by atoms with Crippen molar-refractivity contribution in [1.82, 2.24) is 0 Å². The monoisotopic (exact) mass is 364 g/mol. The lowest BCUT2D eigenvalue weighted by Crippen LogP contribution is -2.21. The number of Topliss-reactive ketones (excluding diaryl/α,β-unsaturated/α-hetero) is 1. The zero-order chi connectivity index (χ0) is 19.8. The van der Waals surface area contributed by atoms with Gasteiger partial charge in [0.15, 0.2) is 12.4 Å². The highest BCUT2D eigenvalue weighted by molar-refractivity contribution is 5.98. The molecular weight excluding hydrogens is 344 g/mol. The number of ketones is 1. The summed E-state index contributed by atoms with van der Waals surface area (Å²) < 4.78 is 4.89. The summed E-state index contributed by atoms with van der Waals surface area (Å²) in [5, 5.41) is 11.3. The van der Waals surface area contributed by atoms with E-state index in [4.69, 9.17) is 10.00 Å². The Labute approximate surface area is 157 Å². The number of carbonyl (C=O) groups is 3. The molecule has 1 N–H and O–H groups in total. The van der Waals surface area contributed by atoms with Crippen LogP contribution in [-0.2, 0) is 14.3 Å². The first-order valence-corrected chi connectivity index (χ1v) is 8.45. The van der Waals surface area contributed by atoms with E-state index in [0.717, 1.165) is 11.1 Å². The van der Waals surface area contributed by atoms with Gasteiger partial charge in [-0.15, -0.1) is 0 Å². The summed E-state index contributed by atoms with van der Waals surface area (Å²) in [6.45, 7) is 3.45. The third-order valence-corrected chi connectivity index (χ3v) is 4.05. The molecule has 6 heteroatoms. The number of amides is 1. The molecule has 6 nitrogen and oxygen atoms in total. The topological polar surface area (TPSA) is 96.3 Å². The van der Waals surface area contributed by atoms with Gasteiger partial charge in [0.25, 0.3) is 5.91 Å². The lowest BCUT2D eigenvalue weighted by Gasteiger charge is -2.07. The van der Waals surface area contributed by atoms with E-state index in [0.29, 0.717) is 16.8 Å². The Balaban J connectivity index is 1.74. The highest BCUT2D eigenvalue weighted by Gasteiger charge is 2.12. The lowest BCUT2D eigenvalue weighted by atomic mass is 10.0. The lowest BCUT2D eigenvalue weighted by molar-refractivity contribution is -0.147. The first-order valence-electron chi connectivity index (χ1n) is 8.45. The van der Waals surface area contributed by atoms with Crippen molar-refractivity contribution in [3.63, 3.8) is 0 Å². The normalized spacial score (nSPS) is 9.96. The average Bonchev–Trinajstić information content (AvgIpc) is 2.67. The summed E-state index contributed by atoms with van der Waals surface area (Å²) in [4.78, 5) is 35.7. The molecule has 0 bridgehead atoms. The molecule has 2 aromatic rings. The number of hydrogen-bond acceptors (Lipinski definition) is 5. The van der Waals surface area contributed by atoms with Crippen molar-refractivity contribution in [2.75, 3.05) is 11.9 Å². The number of esters is 1. The van der Waals surface area contributed by atoms with Gasteiger partial charge in [-0.2, -0.15) is 5.26 Å². The molecule has 1 amide bonds. The Kier molecular flexibility index (Phi) is 6.84. The Morgan fingerprint density at radius 2 is 1.70 bits per heavy atom. The van der Waals surface area contributed by atoms with E-state index in [1.165, 1.54) is 0 Å². The summed E-state index contributed by atoms with van der Waals surface area (Å²) >= 11 is 0. The van der Waals surface area contributed by atoms with Crippen LogP contribution in [0.4, 0.5) is 5.69 Å². The van der Waals surface area contributed by atoms with Gasteiger partial charge in [0.1, 0.15) is 0 Å². The van der Waals surface area contributed by atoms with Gasteiger partial charge in [-0.25, -0.2) is 0 Å². The Morgan fingerprint density at radius 1 is 1.00 bits per heavy atom. The zero-order valence-electron chi connectivity index (χ0n) is 15.2. The maximum Gasteiger partial charge on any atom is 0.306 e. The molecule has 0 atom stereocenters. The quantitative estimate of drug-likeness (QED) is 0.600. The first kappa shape index (κ1) is 19.9. The summed E-state index contributed by atoms with van der Waals surface area (Å²) in [6.07, 6.45) is -0.0610. The predicted molar refractivity (Wildman–Crippen MR) is 100 cm³/mol. The summed E-state index contributed by atoms with van der Waals surface area (Å²) in [7, 11) is 0. The highest BCUT2D eigenvalue weighted by atomic mass is 16.5. The van der Waals surface area contributed by atoms with Crippen LogP contribution < -0.4 is 5.32 Å². The number of nitrogens with zero attached hydrogens (tertiary/aromatic N) is 1. The van der Waals surface area contributed by atoms with Crippen LogP contribution in [0.3, 0.4) is 0 Å². The number of anilines is 1. The van der Waals surface area contributed by atoms with E-state index in [-0.39, 0.29) is 18.6 Å². The van der Waals surface area contributed by atoms with Crippen molar-refractivity contribution in [3.05, 3.63) is 64.7 Å². The van der Waals surface area contributed by atoms with Gasteiger partial charge in [-0.1, -0.05) is 12.1 Å². The third kappa shape index (κ3) is 6.08. The Morgan fingerprint density at radius 3 is 2.33 bits per heavy atom. The van der Waals surface area contributed by atoms with Crippen LogP contribution >= 0.6 is 0 Å². The van der Waals surface area contributed by atoms with Crippen LogP contribution in [0.5, 0.6) is 0 Å². The first-order chi connectivity index (χ1) is 12.9. The van der Waals surface area contributed by atoms with E-state index >= 15 is 0 Å². The summed E-state index contributed by atoms with van der Waals surface area (Å²) in [5.74, 6) is -1.24. The van der Waals surface area contributed by atoms with Crippen molar-refractivity contribution in [2.24, 2.45) is 0 Å². The molecule has 27 heavy (non-hydrogen) atoms. The molecular formula is C21H20N2O4. The van der Waals surface area contributed by atoms with Crippen molar-refractivity contribution in [2.45, 2.75) is 26.7 Å². The van der Waals surface area contributed by atoms with E-state index in [9.17, 15) is 14.4 Å². The number of carbonyl (C=O) groups excluding carboxylic acids is 3. The van der Waals surface area contributed by atoms with Crippen molar-refractivity contribution in [1.29, 1.82) is 5.26 Å². The number of ether oxygens (including phenoxy) is 1. The minimum atomic E-state index is -0.609. The molecule has 2 aromatic carbocycles. The van der Waals surface area contributed by atoms with Crippen molar-refractivity contribution in [3.8, 4) is 6.07 Å². The van der Waals surface area contributed by atoms with Crippen LogP contribution in [0.25, 0.3) is 0 Å². The second kappa shape index (κ2) is 9.30. The van der Waals surface area contributed by atoms with E-state index in [1.807, 2.05) is 26.0 Å². The van der Waals surface area contributed by atoms with E-state index in [1.54, 1.807) is 36.4 Å². The second-order valence-electron chi connectivity index (χ2n) is 6.12. The number of benzene rings is 2. The molecule has 2 rings (SSSR count). The molecule has 0 heterocycles. The molecule has 0 aliphatic heterocycles. The smallest absolute Gasteiger partial charge is 0.306 e. The van der Waals surface area contributed by atoms with Gasteiger partial charge >= 0.3 is 5.97 Å². The maximum absolute atomic E-state index is 12.1. The average molecular weight is 364 g/mol. The van der Waals surface area contributed by atoms with E-state index < -0.39 is 18.5 Å². The van der Waals surface area contributed by atoms with Gasteiger partial charge in [-0.3, -0.25) is 14.4 Å². The van der Waals surface area contributed by atoms with Crippen LogP contribution in [0.1, 0.15) is 39.9 Å². The molecule has 0 radical (unpaired) electrons. The number of rotatable bonds is 7. The van der Waals surface area contributed by atoms with Gasteiger partial charge < -0.3 is 10.1 Å². The molecule has 0 aliphatic rings. The standard InChI is InChI=1S/C21H20N2O4/c1-14-3-6-17(11-15(14)2)19(24)9-10-21(26)27-13-20(25)23-18-7-4-16(12-22)5-8-18/h3-8,11H,9-10,13H2,1-2H3,(H,23,25). The second-order valence-corrected chi connectivity index (χ2v) is 6.12. The largest absolute Gasteiger partial charge is 0.456 e. The molecule has 0 saturated heterocycles. The molecule has 0 aromatic heterocycles. The molecule has 0 unspecified atom stereocenters. The fourth-order valence-electron chi connectivity index (χ4n) is 2.32. The minimum absolute atomic E-state index is 0.0264. The third-order valence-electron chi connectivity index (χ3n) is 4.05. The van der Waals surface area contributed by atoms with Crippen LogP contribution in [0, 0.1) is 25.2 Å². The van der Waals surface area contributed by atoms with Crippen LogP contribution in [0.2, 0.25) is 0 Å². The van der Waals surface area contributed by atoms with Crippen LogP contribution in [-0.4, -0.2) is 24.3 Å². The number of hydrogen-bond donors (Lipinski definition) is 1. The van der Waals surface area contributed by atoms with Crippen molar-refractivity contribution >= 4 is 23.3 Å². The van der Waals surface area contributed by atoms with Gasteiger partial charge in [0.05, 0.1) is 18.1 Å². The molecule has 0 saturated carbocycles. The Hall–Kier alpha value is -3.46. The van der Waals surface area contributed by atoms with Gasteiger partial charge in [0.2, 0.25) is 0 Å². The molecule has 0 fully saturated rings. The number of aryl methyl sites for hydroxylation is 2. The molecule has 0 spiro atoms. The number of nitrogens with one attached hydrogen (secondary N) is 1. The number of nitriles is 1. The maximum atomic E-state index is 12.1.